The molecule has 0 aliphatic carbocycles. The second-order valence-corrected chi connectivity index (χ2v) is 7.45. The van der Waals surface area contributed by atoms with Crippen LogP contribution in [0.5, 0.6) is 0 Å². The molecule has 5 nitrogen and oxygen atoms in total. The van der Waals surface area contributed by atoms with Crippen molar-refractivity contribution in [2.75, 3.05) is 18.0 Å². The number of anilines is 1. The van der Waals surface area contributed by atoms with E-state index < -0.39 is 6.10 Å². The van der Waals surface area contributed by atoms with Crippen molar-refractivity contribution in [2.24, 2.45) is 0 Å². The molecule has 3 aromatic rings. The Hall–Kier alpha value is -2.66. The van der Waals surface area contributed by atoms with E-state index in [0.717, 1.165) is 42.5 Å². The summed E-state index contributed by atoms with van der Waals surface area (Å²) in [6.07, 6.45) is 4.80. The van der Waals surface area contributed by atoms with Crippen LogP contribution in [0.1, 0.15) is 48.3 Å². The molecule has 0 amide bonds. The topological polar surface area (TPSA) is 55.3 Å². The maximum atomic E-state index is 12.4. The van der Waals surface area contributed by atoms with Gasteiger partial charge in [-0.05, 0) is 50.5 Å². The number of ether oxygens (including phenoxy) is 1. The number of hydrogen-bond donors (Lipinski definition) is 0. The van der Waals surface area contributed by atoms with Crippen molar-refractivity contribution in [1.82, 2.24) is 9.97 Å². The first kappa shape index (κ1) is 18.7. The van der Waals surface area contributed by atoms with Gasteiger partial charge in [0.05, 0.1) is 11.3 Å². The van der Waals surface area contributed by atoms with Gasteiger partial charge in [-0.2, -0.15) is 0 Å². The molecule has 1 aliphatic heterocycles. The second kappa shape index (κ2) is 8.15. The number of aromatic nitrogens is 2. The molecule has 0 spiro atoms. The summed E-state index contributed by atoms with van der Waals surface area (Å²) in [5, 5.41) is 2.37. The molecule has 0 N–H and O–H groups in total. The van der Waals surface area contributed by atoms with Crippen molar-refractivity contribution in [3.05, 3.63) is 65.1 Å². The van der Waals surface area contributed by atoms with Crippen LogP contribution >= 0.6 is 11.6 Å². The molecule has 4 rings (SSSR count). The van der Waals surface area contributed by atoms with E-state index in [1.54, 1.807) is 18.3 Å². The lowest BCUT2D eigenvalue weighted by atomic mass is 10.1. The summed E-state index contributed by atoms with van der Waals surface area (Å²) in [5.41, 5.74) is 1.24. The van der Waals surface area contributed by atoms with Crippen molar-refractivity contribution >= 4 is 34.2 Å². The van der Waals surface area contributed by atoms with Crippen molar-refractivity contribution in [2.45, 2.75) is 32.3 Å². The number of hydrogen-bond acceptors (Lipinski definition) is 5. The van der Waals surface area contributed by atoms with Crippen molar-refractivity contribution in [1.29, 1.82) is 0 Å². The molecule has 0 unspecified atom stereocenters. The molecule has 1 atom stereocenters. The first-order chi connectivity index (χ1) is 13.6. The van der Waals surface area contributed by atoms with Crippen LogP contribution in [0.4, 0.5) is 5.82 Å². The Bertz CT molecular complexity index is 988. The summed E-state index contributed by atoms with van der Waals surface area (Å²) in [4.78, 5) is 23.8. The zero-order chi connectivity index (χ0) is 19.5. The smallest absolute Gasteiger partial charge is 0.338 e. The van der Waals surface area contributed by atoms with E-state index in [0.29, 0.717) is 16.4 Å². The molecule has 1 aliphatic rings. The number of halogens is 1. The predicted molar refractivity (Wildman–Crippen MR) is 111 cm³/mol. The molecule has 1 saturated heterocycles. The number of carbonyl (C=O) groups is 1. The lowest BCUT2D eigenvalue weighted by Crippen LogP contribution is -2.30. The van der Waals surface area contributed by atoms with Gasteiger partial charge in [0.25, 0.3) is 0 Å². The van der Waals surface area contributed by atoms with E-state index in [4.69, 9.17) is 21.3 Å². The Labute approximate surface area is 169 Å². The number of fused-ring (bicyclic) bond motifs is 1. The number of rotatable bonds is 4. The van der Waals surface area contributed by atoms with Gasteiger partial charge in [0, 0.05) is 30.1 Å². The van der Waals surface area contributed by atoms with Gasteiger partial charge >= 0.3 is 5.97 Å². The largest absolute Gasteiger partial charge is 0.453 e. The number of piperidine rings is 1. The van der Waals surface area contributed by atoms with Gasteiger partial charge in [-0.15, -0.1) is 0 Å². The van der Waals surface area contributed by atoms with Crippen molar-refractivity contribution in [3.8, 4) is 0 Å². The predicted octanol–water partition coefficient (Wildman–Crippen LogP) is 5.19. The molecule has 144 valence electrons. The summed E-state index contributed by atoms with van der Waals surface area (Å²) in [6, 6.07) is 12.8. The minimum absolute atomic E-state index is 0.358. The molecule has 3 heterocycles. The summed E-state index contributed by atoms with van der Waals surface area (Å²) in [7, 11) is 0. The fraction of sp³-hybridized carbons (Fsp3) is 0.318. The monoisotopic (exact) mass is 395 g/mol. The molecule has 1 fully saturated rings. The van der Waals surface area contributed by atoms with Crippen LogP contribution in [0.25, 0.3) is 10.8 Å². The van der Waals surface area contributed by atoms with E-state index in [2.05, 4.69) is 9.88 Å². The highest BCUT2D eigenvalue weighted by Gasteiger charge is 2.21. The average Bonchev–Trinajstić information content (AvgIpc) is 2.74. The molecule has 28 heavy (non-hydrogen) atoms. The summed E-state index contributed by atoms with van der Waals surface area (Å²) in [6.45, 7) is 3.77. The third-order valence-corrected chi connectivity index (χ3v) is 5.25. The van der Waals surface area contributed by atoms with Crippen molar-refractivity contribution in [3.63, 3.8) is 0 Å². The minimum Gasteiger partial charge on any atom is -0.453 e. The van der Waals surface area contributed by atoms with Crippen LogP contribution in [0, 0.1) is 0 Å². The lowest BCUT2D eigenvalue weighted by molar-refractivity contribution is 0.0330. The van der Waals surface area contributed by atoms with Crippen LogP contribution in [0.15, 0.2) is 48.7 Å². The van der Waals surface area contributed by atoms with Gasteiger partial charge in [-0.1, -0.05) is 29.8 Å². The fourth-order valence-corrected chi connectivity index (χ4v) is 3.70. The molecular formula is C22H22ClN3O2. The lowest BCUT2D eigenvalue weighted by Gasteiger charge is -2.29. The number of benzene rings is 1. The Kier molecular flexibility index (Phi) is 5.44. The zero-order valence-corrected chi connectivity index (χ0v) is 16.5. The highest BCUT2D eigenvalue weighted by Crippen LogP contribution is 2.31. The normalized spacial score (nSPS) is 15.4. The standard InChI is InChI=1S/C22H22ClN3O2/c1-15(28-22(27)16-8-4-2-5-9-16)19-12-17-14-24-20(23)13-18(17)21(25-19)26-10-6-3-7-11-26/h2,4-5,8-9,12-15H,3,6-7,10-11H2,1H3/t15-/m1/s1. The van der Waals surface area contributed by atoms with Gasteiger partial charge in [-0.3, -0.25) is 0 Å². The molecule has 0 bridgehead atoms. The molecule has 2 aromatic heterocycles. The van der Waals surface area contributed by atoms with Gasteiger partial charge in [0.15, 0.2) is 0 Å². The summed E-state index contributed by atoms with van der Waals surface area (Å²) in [5.74, 6) is 0.530. The van der Waals surface area contributed by atoms with E-state index in [1.165, 1.54) is 6.42 Å². The first-order valence-electron chi connectivity index (χ1n) is 9.59. The highest BCUT2D eigenvalue weighted by molar-refractivity contribution is 6.30. The maximum Gasteiger partial charge on any atom is 0.338 e. The Morgan fingerprint density at radius 1 is 1.14 bits per heavy atom. The Balaban J connectivity index is 1.68. The molecule has 6 heteroatoms. The molecular weight excluding hydrogens is 374 g/mol. The van der Waals surface area contributed by atoms with Crippen LogP contribution in [-0.4, -0.2) is 29.0 Å². The number of carbonyl (C=O) groups excluding carboxylic acids is 1. The number of esters is 1. The quantitative estimate of drug-likeness (QED) is 0.449. The zero-order valence-electron chi connectivity index (χ0n) is 15.8. The van der Waals surface area contributed by atoms with Crippen molar-refractivity contribution < 1.29 is 9.53 Å². The van der Waals surface area contributed by atoms with Gasteiger partial charge in [-0.25, -0.2) is 14.8 Å². The third kappa shape index (κ3) is 3.94. The summed E-state index contributed by atoms with van der Waals surface area (Å²) >= 11 is 6.14. The highest BCUT2D eigenvalue weighted by atomic mass is 35.5. The molecule has 0 radical (unpaired) electrons. The second-order valence-electron chi connectivity index (χ2n) is 7.06. The minimum atomic E-state index is -0.476. The third-order valence-electron chi connectivity index (χ3n) is 5.05. The Morgan fingerprint density at radius 2 is 1.89 bits per heavy atom. The van der Waals surface area contributed by atoms with E-state index in [-0.39, 0.29) is 5.97 Å². The van der Waals surface area contributed by atoms with Gasteiger partial charge in [0.1, 0.15) is 17.1 Å². The van der Waals surface area contributed by atoms with E-state index >= 15 is 0 Å². The number of pyridine rings is 2. The fourth-order valence-electron chi connectivity index (χ4n) is 3.54. The maximum absolute atomic E-state index is 12.4. The molecule has 0 saturated carbocycles. The van der Waals surface area contributed by atoms with Gasteiger partial charge < -0.3 is 9.64 Å². The Morgan fingerprint density at radius 3 is 2.64 bits per heavy atom. The molecule has 1 aromatic carbocycles. The van der Waals surface area contributed by atoms with Gasteiger partial charge in [0.2, 0.25) is 0 Å². The SMILES string of the molecule is C[C@@H](OC(=O)c1ccccc1)c1cc2cnc(Cl)cc2c(N2CCCCC2)n1. The van der Waals surface area contributed by atoms with Crippen LogP contribution in [0.3, 0.4) is 0 Å². The van der Waals surface area contributed by atoms with Crippen LogP contribution in [-0.2, 0) is 4.74 Å². The van der Waals surface area contributed by atoms with E-state index in [9.17, 15) is 4.79 Å². The first-order valence-corrected chi connectivity index (χ1v) is 9.97. The van der Waals surface area contributed by atoms with Crippen LogP contribution < -0.4 is 4.90 Å². The van der Waals surface area contributed by atoms with Crippen LogP contribution in [0.2, 0.25) is 5.15 Å². The summed E-state index contributed by atoms with van der Waals surface area (Å²) < 4.78 is 5.67. The number of nitrogens with zero attached hydrogens (tertiary/aromatic N) is 3. The van der Waals surface area contributed by atoms with E-state index in [1.807, 2.05) is 37.3 Å². The average molecular weight is 396 g/mol.